The van der Waals surface area contributed by atoms with E-state index in [-0.39, 0.29) is 0 Å². The van der Waals surface area contributed by atoms with Crippen LogP contribution < -0.4 is 5.32 Å². The Morgan fingerprint density at radius 2 is 2.26 bits per heavy atom. The van der Waals surface area contributed by atoms with Gasteiger partial charge in [-0.25, -0.2) is 0 Å². The van der Waals surface area contributed by atoms with E-state index >= 15 is 0 Å². The van der Waals surface area contributed by atoms with E-state index in [1.807, 2.05) is 13.2 Å². The first kappa shape index (κ1) is 14.3. The zero-order valence-electron chi connectivity index (χ0n) is 11.0. The van der Waals surface area contributed by atoms with Crippen molar-refractivity contribution in [1.82, 2.24) is 20.0 Å². The van der Waals surface area contributed by atoms with Crippen LogP contribution in [-0.2, 0) is 13.6 Å². The van der Waals surface area contributed by atoms with E-state index in [2.05, 4.69) is 10.4 Å². The number of likely N-dealkylation sites (tertiary alicyclic amines) is 1. The minimum Gasteiger partial charge on any atom is -0.312 e. The van der Waals surface area contributed by atoms with Crippen LogP contribution in [0.3, 0.4) is 0 Å². The van der Waals surface area contributed by atoms with Crippen LogP contribution >= 0.6 is 0 Å². The molecule has 0 spiro atoms. The fourth-order valence-corrected chi connectivity index (χ4v) is 2.46. The molecular weight excluding hydrogens is 257 g/mol. The summed E-state index contributed by atoms with van der Waals surface area (Å²) in [5.74, 6) is 0.305. The zero-order chi connectivity index (χ0) is 13.9. The van der Waals surface area contributed by atoms with Gasteiger partial charge in [-0.05, 0) is 25.4 Å². The van der Waals surface area contributed by atoms with Crippen molar-refractivity contribution < 1.29 is 13.2 Å². The number of nitrogens with zero attached hydrogens (tertiary/aromatic N) is 3. The van der Waals surface area contributed by atoms with Crippen LogP contribution in [-0.4, -0.2) is 47.0 Å². The van der Waals surface area contributed by atoms with Gasteiger partial charge < -0.3 is 5.32 Å². The van der Waals surface area contributed by atoms with Gasteiger partial charge in [-0.3, -0.25) is 9.58 Å². The minimum absolute atomic E-state index is 0.305. The Labute approximate surface area is 110 Å². The highest BCUT2D eigenvalue weighted by atomic mass is 19.4. The quantitative estimate of drug-likeness (QED) is 0.882. The molecule has 0 radical (unpaired) electrons. The highest BCUT2D eigenvalue weighted by Crippen LogP contribution is 2.22. The maximum absolute atomic E-state index is 12.2. The Morgan fingerprint density at radius 3 is 2.89 bits per heavy atom. The van der Waals surface area contributed by atoms with Crippen molar-refractivity contribution >= 4 is 0 Å². The molecule has 0 aliphatic carbocycles. The topological polar surface area (TPSA) is 33.1 Å². The first-order valence-corrected chi connectivity index (χ1v) is 6.40. The predicted octanol–water partition coefficient (Wildman–Crippen LogP) is 1.39. The number of nitrogens with one attached hydrogen (secondary N) is 1. The number of halogens is 3. The van der Waals surface area contributed by atoms with E-state index in [0.29, 0.717) is 25.6 Å². The fraction of sp³-hybridized carbons (Fsp3) is 0.750. The molecule has 19 heavy (non-hydrogen) atoms. The maximum Gasteiger partial charge on any atom is 0.401 e. The fourth-order valence-electron chi connectivity index (χ4n) is 2.46. The summed E-state index contributed by atoms with van der Waals surface area (Å²) in [6.45, 7) is 1.75. The van der Waals surface area contributed by atoms with Gasteiger partial charge in [0.15, 0.2) is 0 Å². The van der Waals surface area contributed by atoms with Crippen molar-refractivity contribution in [2.24, 2.45) is 13.0 Å². The standard InChI is InChI=1S/C12H19F3N4/c1-18-7-11(6-17-18)5-16-4-10-2-3-19(8-10)9-12(13,14)15/h6-7,10,16H,2-5,8-9H2,1H3/t10-/m0/s1. The zero-order valence-corrected chi connectivity index (χ0v) is 11.0. The second kappa shape index (κ2) is 5.92. The summed E-state index contributed by atoms with van der Waals surface area (Å²) in [4.78, 5) is 1.48. The Morgan fingerprint density at radius 1 is 1.47 bits per heavy atom. The van der Waals surface area contributed by atoms with Crippen molar-refractivity contribution in [3.8, 4) is 0 Å². The molecule has 0 bridgehead atoms. The number of rotatable bonds is 5. The van der Waals surface area contributed by atoms with Crippen LogP contribution in [0.1, 0.15) is 12.0 Å². The van der Waals surface area contributed by atoms with Crippen molar-refractivity contribution in [3.63, 3.8) is 0 Å². The smallest absolute Gasteiger partial charge is 0.312 e. The lowest BCUT2D eigenvalue weighted by Crippen LogP contribution is -2.33. The van der Waals surface area contributed by atoms with E-state index in [9.17, 15) is 13.2 Å². The van der Waals surface area contributed by atoms with Crippen molar-refractivity contribution in [1.29, 1.82) is 0 Å². The molecule has 0 unspecified atom stereocenters. The summed E-state index contributed by atoms with van der Waals surface area (Å²) in [6.07, 6.45) is 0.462. The molecule has 0 saturated carbocycles. The minimum atomic E-state index is -4.09. The molecule has 7 heteroatoms. The van der Waals surface area contributed by atoms with Gasteiger partial charge >= 0.3 is 6.18 Å². The Bertz CT molecular complexity index is 402. The molecular formula is C12H19F3N4. The van der Waals surface area contributed by atoms with Crippen molar-refractivity contribution in [2.75, 3.05) is 26.2 Å². The highest BCUT2D eigenvalue weighted by molar-refractivity contribution is 5.02. The third-order valence-electron chi connectivity index (χ3n) is 3.29. The molecule has 1 N–H and O–H groups in total. The van der Waals surface area contributed by atoms with Gasteiger partial charge in [-0.2, -0.15) is 18.3 Å². The molecule has 0 aromatic carbocycles. The Hall–Kier alpha value is -1.08. The SMILES string of the molecule is Cn1cc(CNC[C@@H]2CCN(CC(F)(F)F)C2)cn1. The molecule has 108 valence electrons. The van der Waals surface area contributed by atoms with Crippen LogP contribution in [0.4, 0.5) is 13.2 Å². The first-order valence-electron chi connectivity index (χ1n) is 6.40. The predicted molar refractivity (Wildman–Crippen MR) is 65.5 cm³/mol. The molecule has 1 atom stereocenters. The Balaban J connectivity index is 1.65. The molecule has 2 heterocycles. The molecule has 0 amide bonds. The molecule has 1 fully saturated rings. The van der Waals surface area contributed by atoms with Crippen LogP contribution in [0.15, 0.2) is 12.4 Å². The second-order valence-electron chi connectivity index (χ2n) is 5.16. The summed E-state index contributed by atoms with van der Waals surface area (Å²) in [5, 5.41) is 7.34. The van der Waals surface area contributed by atoms with Gasteiger partial charge in [0.2, 0.25) is 0 Å². The molecule has 1 aliphatic rings. The van der Waals surface area contributed by atoms with Crippen LogP contribution in [0, 0.1) is 5.92 Å². The summed E-state index contributed by atoms with van der Waals surface area (Å²) >= 11 is 0. The molecule has 1 aliphatic heterocycles. The van der Waals surface area contributed by atoms with Crippen molar-refractivity contribution in [2.45, 2.75) is 19.1 Å². The van der Waals surface area contributed by atoms with E-state index in [1.165, 1.54) is 4.90 Å². The number of alkyl halides is 3. The van der Waals surface area contributed by atoms with E-state index in [4.69, 9.17) is 0 Å². The van der Waals surface area contributed by atoms with Crippen molar-refractivity contribution in [3.05, 3.63) is 18.0 Å². The highest BCUT2D eigenvalue weighted by Gasteiger charge is 2.34. The van der Waals surface area contributed by atoms with Gasteiger partial charge in [0.1, 0.15) is 0 Å². The summed E-state index contributed by atoms with van der Waals surface area (Å²) in [6, 6.07) is 0. The van der Waals surface area contributed by atoms with E-state index in [1.54, 1.807) is 10.9 Å². The third kappa shape index (κ3) is 4.83. The first-order chi connectivity index (χ1) is 8.92. The van der Waals surface area contributed by atoms with Crippen LogP contribution in [0.5, 0.6) is 0 Å². The van der Waals surface area contributed by atoms with Crippen LogP contribution in [0.25, 0.3) is 0 Å². The summed E-state index contributed by atoms with van der Waals surface area (Å²) in [5.41, 5.74) is 1.09. The molecule has 4 nitrogen and oxygen atoms in total. The van der Waals surface area contributed by atoms with Gasteiger partial charge in [0.25, 0.3) is 0 Å². The van der Waals surface area contributed by atoms with Crippen LogP contribution in [0.2, 0.25) is 0 Å². The van der Waals surface area contributed by atoms with E-state index in [0.717, 1.165) is 18.5 Å². The molecule has 1 aromatic heterocycles. The summed E-state index contributed by atoms with van der Waals surface area (Å²) in [7, 11) is 1.86. The van der Waals surface area contributed by atoms with Gasteiger partial charge in [-0.15, -0.1) is 0 Å². The summed E-state index contributed by atoms with van der Waals surface area (Å²) < 4.78 is 38.5. The average Bonchev–Trinajstić information content (AvgIpc) is 2.86. The lowest BCUT2D eigenvalue weighted by atomic mass is 10.1. The second-order valence-corrected chi connectivity index (χ2v) is 5.16. The number of hydrogen-bond acceptors (Lipinski definition) is 3. The largest absolute Gasteiger partial charge is 0.401 e. The molecule has 2 rings (SSSR count). The van der Waals surface area contributed by atoms with Gasteiger partial charge in [-0.1, -0.05) is 0 Å². The normalized spacial score (nSPS) is 21.2. The number of aryl methyl sites for hydroxylation is 1. The average molecular weight is 276 g/mol. The monoisotopic (exact) mass is 276 g/mol. The number of aromatic nitrogens is 2. The molecule has 1 aromatic rings. The lowest BCUT2D eigenvalue weighted by molar-refractivity contribution is -0.143. The number of hydrogen-bond donors (Lipinski definition) is 1. The molecule has 1 saturated heterocycles. The van der Waals surface area contributed by atoms with E-state index < -0.39 is 12.7 Å². The Kier molecular flexibility index (Phi) is 4.46. The van der Waals surface area contributed by atoms with Gasteiger partial charge in [0.05, 0.1) is 12.7 Å². The van der Waals surface area contributed by atoms with Gasteiger partial charge in [0, 0.05) is 31.9 Å². The maximum atomic E-state index is 12.2. The lowest BCUT2D eigenvalue weighted by Gasteiger charge is -2.17. The third-order valence-corrected chi connectivity index (χ3v) is 3.29.